The number of hydrogen-bond acceptors (Lipinski definition) is 11. The first kappa shape index (κ1) is 43.6. The number of nitrogens with zero attached hydrogens (tertiary/aromatic N) is 3. The first-order chi connectivity index (χ1) is 29.5. The van der Waals surface area contributed by atoms with E-state index >= 15 is 0 Å². The molecule has 2 aromatic heterocycles. The topological polar surface area (TPSA) is 169 Å². The average Bonchev–Trinajstić information content (AvgIpc) is 3.99. The minimum absolute atomic E-state index is 0.0234. The van der Waals surface area contributed by atoms with Crippen LogP contribution in [0.2, 0.25) is 0 Å². The van der Waals surface area contributed by atoms with Crippen molar-refractivity contribution in [1.29, 1.82) is 0 Å². The molecule has 2 aliphatic carbocycles. The second-order valence-electron chi connectivity index (χ2n) is 17.9. The predicted molar refractivity (Wildman–Crippen MR) is 237 cm³/mol. The number of thiazole rings is 1. The van der Waals surface area contributed by atoms with Gasteiger partial charge in [-0.3, -0.25) is 19.1 Å². The van der Waals surface area contributed by atoms with Crippen molar-refractivity contribution in [1.82, 2.24) is 24.9 Å². The number of allylic oxidation sites excluding steroid dienone is 1. The van der Waals surface area contributed by atoms with Crippen molar-refractivity contribution in [2.45, 2.75) is 127 Å². The van der Waals surface area contributed by atoms with Gasteiger partial charge in [-0.2, -0.15) is 0 Å². The van der Waals surface area contributed by atoms with Gasteiger partial charge in [0.15, 0.2) is 0 Å². The van der Waals surface area contributed by atoms with E-state index in [-0.39, 0.29) is 31.2 Å². The number of hydrogen-bond donors (Lipinski definition) is 3. The van der Waals surface area contributed by atoms with Gasteiger partial charge in [-0.15, -0.1) is 11.3 Å². The number of benzene rings is 2. The number of carbonyl (C=O) groups is 3. The maximum atomic E-state index is 14.9. The SMILES string of the molecule is COc1ccc2c(O[C@@H]3C[C@H]4C(=O)N[C@]5(C(=O)NS(=O)(=O)C6(C)CC6)C[C@H]5C=CCCCCC[C@H](Nc5cc(C)cc(F)c5)C(=O)N4C3)cc(-c3nc(C(C)C)cs3)nc2c1C. The van der Waals surface area contributed by atoms with Gasteiger partial charge in [-0.05, 0) is 101 Å². The quantitative estimate of drug-likeness (QED) is 0.136. The first-order valence-electron chi connectivity index (χ1n) is 21.5. The average molecular weight is 887 g/mol. The monoisotopic (exact) mass is 886 g/mol. The number of fused-ring (bicyclic) bond motifs is 3. The second kappa shape index (κ2) is 16.9. The van der Waals surface area contributed by atoms with Crippen LogP contribution in [0.15, 0.2) is 53.9 Å². The molecular weight excluding hydrogens is 832 g/mol. The van der Waals surface area contributed by atoms with Gasteiger partial charge in [0.1, 0.15) is 51.7 Å². The maximum absolute atomic E-state index is 14.9. The van der Waals surface area contributed by atoms with E-state index in [4.69, 9.17) is 19.4 Å². The number of nitrogens with one attached hydrogen (secondary N) is 3. The molecule has 2 saturated carbocycles. The molecule has 3 amide bonds. The Morgan fingerprint density at radius 3 is 2.56 bits per heavy atom. The van der Waals surface area contributed by atoms with Crippen molar-refractivity contribution in [2.24, 2.45) is 5.92 Å². The van der Waals surface area contributed by atoms with Gasteiger partial charge in [-0.1, -0.05) is 38.8 Å². The summed E-state index contributed by atoms with van der Waals surface area (Å²) in [4.78, 5) is 55.1. The number of methoxy groups -OCH3 is 1. The summed E-state index contributed by atoms with van der Waals surface area (Å²) >= 11 is 1.48. The summed E-state index contributed by atoms with van der Waals surface area (Å²) in [6, 6.07) is 8.20. The van der Waals surface area contributed by atoms with Crippen molar-refractivity contribution in [3.05, 3.63) is 76.6 Å². The van der Waals surface area contributed by atoms with E-state index in [1.54, 1.807) is 27.0 Å². The molecule has 2 aromatic carbocycles. The third-order valence-electron chi connectivity index (χ3n) is 12.9. The van der Waals surface area contributed by atoms with Gasteiger partial charge in [0.25, 0.3) is 5.91 Å². The fourth-order valence-corrected chi connectivity index (χ4v) is 10.9. The Kier molecular flexibility index (Phi) is 11.9. The third-order valence-corrected chi connectivity index (χ3v) is 15.9. The van der Waals surface area contributed by atoms with Crippen LogP contribution in [0.4, 0.5) is 10.1 Å². The molecule has 2 aliphatic heterocycles. The Labute approximate surface area is 366 Å². The Bertz CT molecular complexity index is 2540. The lowest BCUT2D eigenvalue weighted by molar-refractivity contribution is -0.140. The summed E-state index contributed by atoms with van der Waals surface area (Å²) in [5.74, 6) is -1.26. The van der Waals surface area contributed by atoms with Crippen molar-refractivity contribution in [3.8, 4) is 22.2 Å². The van der Waals surface area contributed by atoms with E-state index < -0.39 is 62.0 Å². The molecule has 3 N–H and O–H groups in total. The normalized spacial score (nSPS) is 25.0. The van der Waals surface area contributed by atoms with E-state index in [0.717, 1.165) is 24.1 Å². The van der Waals surface area contributed by atoms with Crippen LogP contribution in [0.3, 0.4) is 0 Å². The molecule has 62 heavy (non-hydrogen) atoms. The zero-order valence-electron chi connectivity index (χ0n) is 36.0. The van der Waals surface area contributed by atoms with Crippen LogP contribution < -0.4 is 24.8 Å². The van der Waals surface area contributed by atoms with E-state index in [0.29, 0.717) is 76.5 Å². The first-order valence-corrected chi connectivity index (χ1v) is 23.9. The Hall–Kier alpha value is -5.09. The van der Waals surface area contributed by atoms with Gasteiger partial charge < -0.3 is 25.0 Å². The van der Waals surface area contributed by atoms with Crippen LogP contribution in [0.1, 0.15) is 101 Å². The zero-order chi connectivity index (χ0) is 44.1. The van der Waals surface area contributed by atoms with E-state index in [1.807, 2.05) is 42.7 Å². The fraction of sp³-hybridized carbons (Fsp3) is 0.500. The molecule has 4 aromatic rings. The number of rotatable bonds is 10. The summed E-state index contributed by atoms with van der Waals surface area (Å²) in [6.07, 6.45) is 7.77. The Morgan fingerprint density at radius 1 is 1.06 bits per heavy atom. The standard InChI is InChI=1S/C46H55FN6O7S2/c1-26(2)36-25-61-42(50-36)35-22-39(33-14-15-38(59-6)28(4)40(33)49-35)60-32-21-37-41(54)51-46(44(56)52-62(57,58)45(5)16-17-45)23-29(46)12-10-8-7-9-11-13-34(43(55)53(37)24-32)48-31-19-27(3)18-30(47)20-31/h10,12,14-15,18-20,22,25-26,29,32,34,37,48H,7-9,11,13,16-17,21,23-24H2,1-6H3,(H,51,54)(H,52,56)/t29-,32-,34+,37+,46-/m1/s1. The number of halogens is 1. The van der Waals surface area contributed by atoms with Crippen LogP contribution in [0.25, 0.3) is 21.6 Å². The highest BCUT2D eigenvalue weighted by atomic mass is 32.2. The molecule has 0 unspecified atom stereocenters. The number of carbonyl (C=O) groups excluding carboxylic acids is 3. The Morgan fingerprint density at radius 2 is 1.85 bits per heavy atom. The van der Waals surface area contributed by atoms with Crippen molar-refractivity contribution in [3.63, 3.8) is 0 Å². The van der Waals surface area contributed by atoms with Gasteiger partial charge in [-0.25, -0.2) is 22.8 Å². The number of sulfonamides is 1. The van der Waals surface area contributed by atoms with Crippen LogP contribution in [0.5, 0.6) is 11.5 Å². The zero-order valence-corrected chi connectivity index (χ0v) is 37.7. The number of aromatic nitrogens is 2. The molecule has 4 heterocycles. The van der Waals surface area contributed by atoms with Crippen LogP contribution in [-0.2, 0) is 24.4 Å². The molecule has 0 radical (unpaired) electrons. The molecular formula is C46H55FN6O7S2. The minimum atomic E-state index is -4.01. The molecule has 16 heteroatoms. The summed E-state index contributed by atoms with van der Waals surface area (Å²) in [6.45, 7) is 9.48. The number of amides is 3. The Balaban J connectivity index is 1.16. The van der Waals surface area contributed by atoms with Gasteiger partial charge in [0.05, 0.1) is 29.6 Å². The summed E-state index contributed by atoms with van der Waals surface area (Å²) in [7, 11) is -2.40. The molecule has 8 rings (SSSR count). The molecule has 0 bridgehead atoms. The van der Waals surface area contributed by atoms with Gasteiger partial charge >= 0.3 is 0 Å². The molecule has 5 atom stereocenters. The van der Waals surface area contributed by atoms with E-state index in [9.17, 15) is 27.2 Å². The number of anilines is 1. The summed E-state index contributed by atoms with van der Waals surface area (Å²) in [5.41, 5.74) is 2.62. The lowest BCUT2D eigenvalue weighted by atomic mass is 10.0. The number of ether oxygens (including phenoxy) is 2. The van der Waals surface area contributed by atoms with Crippen LogP contribution in [0, 0.1) is 25.6 Å². The third kappa shape index (κ3) is 8.64. The van der Waals surface area contributed by atoms with Crippen LogP contribution >= 0.6 is 11.3 Å². The van der Waals surface area contributed by atoms with Crippen molar-refractivity contribution in [2.75, 3.05) is 19.0 Å². The highest BCUT2D eigenvalue weighted by molar-refractivity contribution is 7.91. The van der Waals surface area contributed by atoms with Crippen molar-refractivity contribution >= 4 is 55.7 Å². The molecule has 1 saturated heterocycles. The summed E-state index contributed by atoms with van der Waals surface area (Å²) in [5, 5.41) is 9.69. The summed E-state index contributed by atoms with van der Waals surface area (Å²) < 4.78 is 55.0. The molecule has 13 nitrogen and oxygen atoms in total. The van der Waals surface area contributed by atoms with E-state index in [2.05, 4.69) is 29.2 Å². The predicted octanol–water partition coefficient (Wildman–Crippen LogP) is 7.47. The minimum Gasteiger partial charge on any atom is -0.496 e. The maximum Gasteiger partial charge on any atom is 0.259 e. The van der Waals surface area contributed by atoms with Gasteiger partial charge in [0, 0.05) is 40.4 Å². The largest absolute Gasteiger partial charge is 0.496 e. The lowest BCUT2D eigenvalue weighted by Gasteiger charge is -2.30. The highest BCUT2D eigenvalue weighted by Gasteiger charge is 2.63. The number of aryl methyl sites for hydroxylation is 2. The molecule has 0 spiro atoms. The highest BCUT2D eigenvalue weighted by Crippen LogP contribution is 2.48. The molecule has 3 fully saturated rings. The smallest absolute Gasteiger partial charge is 0.259 e. The number of pyridine rings is 1. The molecule has 330 valence electrons. The molecule has 4 aliphatic rings. The lowest BCUT2D eigenvalue weighted by Crippen LogP contribution is -2.58. The van der Waals surface area contributed by atoms with Crippen LogP contribution in [-0.4, -0.2) is 83.1 Å². The van der Waals surface area contributed by atoms with E-state index in [1.165, 1.54) is 28.4 Å². The second-order valence-corrected chi connectivity index (χ2v) is 21.0. The van der Waals surface area contributed by atoms with Gasteiger partial charge in [0.2, 0.25) is 21.8 Å². The van der Waals surface area contributed by atoms with Crippen molar-refractivity contribution < 1.29 is 36.7 Å². The fourth-order valence-electron chi connectivity index (χ4n) is 8.62.